The van der Waals surface area contributed by atoms with E-state index >= 15 is 0 Å². The van der Waals surface area contributed by atoms with E-state index in [0.717, 1.165) is 35.7 Å². The Hall–Kier alpha value is -1.66. The van der Waals surface area contributed by atoms with Gasteiger partial charge in [0.1, 0.15) is 10.6 Å². The smallest absolute Gasteiger partial charge is 0.229 e. The van der Waals surface area contributed by atoms with Crippen LogP contribution in [0.5, 0.6) is 0 Å². The average molecular weight is 361 g/mol. The van der Waals surface area contributed by atoms with E-state index in [9.17, 15) is 0 Å². The molecule has 106 valence electrons. The Morgan fingerprint density at radius 3 is 3.05 bits per heavy atom. The molecule has 4 nitrogen and oxygen atoms in total. The highest BCUT2D eigenvalue weighted by Crippen LogP contribution is 2.30. The fraction of sp³-hybridized carbons (Fsp3) is 0.200. The van der Waals surface area contributed by atoms with Gasteiger partial charge in [0.15, 0.2) is 0 Å². The molecule has 0 aliphatic carbocycles. The van der Waals surface area contributed by atoms with Crippen LogP contribution in [0.25, 0.3) is 10.2 Å². The van der Waals surface area contributed by atoms with E-state index in [4.69, 9.17) is 5.73 Å². The molecule has 4 rings (SSSR count). The number of nitrogens with zero attached hydrogens (tertiary/aromatic N) is 3. The number of benzene rings is 1. The molecule has 2 N–H and O–H groups in total. The Morgan fingerprint density at radius 1 is 1.24 bits per heavy atom. The molecule has 0 unspecified atom stereocenters. The van der Waals surface area contributed by atoms with E-state index in [0.29, 0.717) is 5.82 Å². The van der Waals surface area contributed by atoms with Crippen molar-refractivity contribution in [1.82, 2.24) is 9.97 Å². The van der Waals surface area contributed by atoms with Crippen LogP contribution in [-0.4, -0.2) is 16.5 Å². The number of thiophene rings is 1. The van der Waals surface area contributed by atoms with E-state index in [1.54, 1.807) is 11.3 Å². The van der Waals surface area contributed by atoms with Crippen molar-refractivity contribution in [1.29, 1.82) is 0 Å². The van der Waals surface area contributed by atoms with Crippen molar-refractivity contribution in [3.05, 3.63) is 45.2 Å². The van der Waals surface area contributed by atoms with Crippen LogP contribution in [0.3, 0.4) is 0 Å². The predicted molar refractivity (Wildman–Crippen MR) is 90.7 cm³/mol. The van der Waals surface area contributed by atoms with Crippen LogP contribution in [0.4, 0.5) is 11.8 Å². The maximum Gasteiger partial charge on any atom is 0.229 e. The molecule has 1 aliphatic heterocycles. The largest absolute Gasteiger partial charge is 0.383 e. The number of hydrogen-bond acceptors (Lipinski definition) is 5. The molecule has 0 bridgehead atoms. The van der Waals surface area contributed by atoms with Crippen LogP contribution >= 0.6 is 27.3 Å². The highest BCUT2D eigenvalue weighted by atomic mass is 79.9. The molecule has 0 atom stereocenters. The summed E-state index contributed by atoms with van der Waals surface area (Å²) in [6, 6.07) is 8.31. The van der Waals surface area contributed by atoms with Crippen LogP contribution in [0.15, 0.2) is 34.1 Å². The van der Waals surface area contributed by atoms with Gasteiger partial charge < -0.3 is 10.6 Å². The van der Waals surface area contributed by atoms with Gasteiger partial charge in [-0.25, -0.2) is 4.98 Å². The number of rotatable bonds is 1. The maximum absolute atomic E-state index is 6.05. The highest BCUT2D eigenvalue weighted by molar-refractivity contribution is 9.10. The molecule has 0 saturated carbocycles. The molecule has 6 heteroatoms. The lowest BCUT2D eigenvalue weighted by Gasteiger charge is -2.29. The summed E-state index contributed by atoms with van der Waals surface area (Å²) in [5, 5.41) is 2.95. The molecular formula is C15H13BrN4S. The minimum absolute atomic E-state index is 0.566. The molecule has 3 heterocycles. The van der Waals surface area contributed by atoms with E-state index in [-0.39, 0.29) is 0 Å². The van der Waals surface area contributed by atoms with Gasteiger partial charge in [0.2, 0.25) is 5.95 Å². The molecule has 0 fully saturated rings. The van der Waals surface area contributed by atoms with Crippen molar-refractivity contribution < 1.29 is 0 Å². The van der Waals surface area contributed by atoms with Crippen molar-refractivity contribution in [2.75, 3.05) is 17.2 Å². The van der Waals surface area contributed by atoms with Gasteiger partial charge in [-0.3, -0.25) is 0 Å². The first-order valence-corrected chi connectivity index (χ1v) is 8.41. The quantitative estimate of drug-likeness (QED) is 0.720. The van der Waals surface area contributed by atoms with Crippen molar-refractivity contribution >= 4 is 49.2 Å². The molecule has 3 aromatic rings. The normalized spacial score (nSPS) is 14.4. The van der Waals surface area contributed by atoms with Gasteiger partial charge in [-0.05, 0) is 35.1 Å². The van der Waals surface area contributed by atoms with Crippen LogP contribution < -0.4 is 10.6 Å². The second-order valence-corrected chi connectivity index (χ2v) is 6.85. The van der Waals surface area contributed by atoms with Gasteiger partial charge in [-0.15, -0.1) is 11.3 Å². The summed E-state index contributed by atoms with van der Waals surface area (Å²) in [5.74, 6) is 1.30. The Kier molecular flexibility index (Phi) is 3.08. The highest BCUT2D eigenvalue weighted by Gasteiger charge is 2.21. The lowest BCUT2D eigenvalue weighted by atomic mass is 10.0. The van der Waals surface area contributed by atoms with Crippen molar-refractivity contribution in [2.45, 2.75) is 13.0 Å². The first-order valence-electron chi connectivity index (χ1n) is 6.74. The van der Waals surface area contributed by atoms with E-state index in [1.807, 2.05) is 11.4 Å². The summed E-state index contributed by atoms with van der Waals surface area (Å²) in [7, 11) is 0. The summed E-state index contributed by atoms with van der Waals surface area (Å²) in [5.41, 5.74) is 8.76. The lowest BCUT2D eigenvalue weighted by Crippen LogP contribution is -2.32. The first-order chi connectivity index (χ1) is 10.2. The molecule has 0 saturated heterocycles. The van der Waals surface area contributed by atoms with Gasteiger partial charge in [-0.2, -0.15) is 4.98 Å². The average Bonchev–Trinajstić information content (AvgIpc) is 2.96. The summed E-state index contributed by atoms with van der Waals surface area (Å²) in [6.07, 6.45) is 0.989. The third kappa shape index (κ3) is 2.18. The zero-order valence-electron chi connectivity index (χ0n) is 11.2. The Balaban J connectivity index is 1.73. The Bertz CT molecular complexity index is 830. The topological polar surface area (TPSA) is 55.0 Å². The predicted octanol–water partition coefficient (Wildman–Crippen LogP) is 3.60. The van der Waals surface area contributed by atoms with Crippen LogP contribution in [0.1, 0.15) is 11.1 Å². The minimum atomic E-state index is 0.566. The number of anilines is 2. The summed E-state index contributed by atoms with van der Waals surface area (Å²) < 4.78 is 1.19. The van der Waals surface area contributed by atoms with Crippen LogP contribution in [0, 0.1) is 0 Å². The van der Waals surface area contributed by atoms with Crippen LogP contribution in [-0.2, 0) is 13.0 Å². The zero-order valence-corrected chi connectivity index (χ0v) is 13.6. The van der Waals surface area contributed by atoms with Gasteiger partial charge in [0.25, 0.3) is 0 Å². The second kappa shape index (κ2) is 4.96. The first kappa shape index (κ1) is 13.0. The standard InChI is InChI=1S/C15H13BrN4S/c16-12-3-1-2-9-8-20(6-4-10(9)12)15-18-13(17)11-5-7-21-14(11)19-15/h1-3,5,7H,4,6,8H2,(H2,17,18,19). The Morgan fingerprint density at radius 2 is 2.14 bits per heavy atom. The number of nitrogen functional groups attached to an aromatic ring is 1. The van der Waals surface area contributed by atoms with Gasteiger partial charge in [-0.1, -0.05) is 28.1 Å². The Labute approximate surface area is 134 Å². The molecular weight excluding hydrogens is 348 g/mol. The van der Waals surface area contributed by atoms with Crippen LogP contribution in [0.2, 0.25) is 0 Å². The third-order valence-corrected chi connectivity index (χ3v) is 5.38. The minimum Gasteiger partial charge on any atom is -0.383 e. The summed E-state index contributed by atoms with van der Waals surface area (Å²) in [6.45, 7) is 1.73. The van der Waals surface area contributed by atoms with E-state index in [2.05, 4.69) is 49.0 Å². The number of hydrogen-bond donors (Lipinski definition) is 1. The monoisotopic (exact) mass is 360 g/mol. The van der Waals surface area contributed by atoms with Gasteiger partial charge in [0, 0.05) is 17.6 Å². The molecule has 1 aromatic carbocycles. The number of halogens is 1. The number of fused-ring (bicyclic) bond motifs is 2. The molecule has 1 aliphatic rings. The molecule has 0 spiro atoms. The van der Waals surface area contributed by atoms with Crippen molar-refractivity contribution in [3.63, 3.8) is 0 Å². The number of aromatic nitrogens is 2. The molecule has 0 amide bonds. The maximum atomic E-state index is 6.05. The third-order valence-electron chi connectivity index (χ3n) is 3.83. The molecule has 0 radical (unpaired) electrons. The fourth-order valence-corrected chi connectivity index (χ4v) is 4.11. The lowest BCUT2D eigenvalue weighted by molar-refractivity contribution is 0.708. The van der Waals surface area contributed by atoms with E-state index in [1.165, 1.54) is 15.6 Å². The van der Waals surface area contributed by atoms with Crippen molar-refractivity contribution in [3.8, 4) is 0 Å². The molecule has 21 heavy (non-hydrogen) atoms. The van der Waals surface area contributed by atoms with E-state index < -0.39 is 0 Å². The van der Waals surface area contributed by atoms with Gasteiger partial charge in [0.05, 0.1) is 5.39 Å². The molecule has 2 aromatic heterocycles. The zero-order chi connectivity index (χ0) is 14.4. The second-order valence-electron chi connectivity index (χ2n) is 5.10. The summed E-state index contributed by atoms with van der Waals surface area (Å²) in [4.78, 5) is 12.3. The summed E-state index contributed by atoms with van der Waals surface area (Å²) >= 11 is 5.23. The van der Waals surface area contributed by atoms with Gasteiger partial charge >= 0.3 is 0 Å². The number of nitrogens with two attached hydrogens (primary N) is 1. The fourth-order valence-electron chi connectivity index (χ4n) is 2.74. The SMILES string of the molecule is Nc1nc(N2CCc3c(Br)cccc3C2)nc2sccc12. The van der Waals surface area contributed by atoms with Crippen molar-refractivity contribution in [2.24, 2.45) is 0 Å².